The van der Waals surface area contributed by atoms with Crippen molar-refractivity contribution in [2.75, 3.05) is 26.5 Å². The highest BCUT2D eigenvalue weighted by atomic mass is 31.2. The molecule has 0 aromatic heterocycles. The highest BCUT2D eigenvalue weighted by Gasteiger charge is 2.60. The zero-order valence-corrected chi connectivity index (χ0v) is 22.3. The highest BCUT2D eigenvalue weighted by molar-refractivity contribution is 7.89. The molecule has 3 fully saturated rings. The van der Waals surface area contributed by atoms with Gasteiger partial charge in [0.05, 0.1) is 34.7 Å². The molecular weight excluding hydrogens is 411 g/mol. The molecule has 1 aliphatic heterocycles. The van der Waals surface area contributed by atoms with Gasteiger partial charge in [0, 0.05) is 16.9 Å². The molecule has 1 N–H and O–H groups in total. The van der Waals surface area contributed by atoms with Crippen LogP contribution in [0.5, 0.6) is 0 Å². The Kier molecular flexibility index (Phi) is 6.38. The predicted octanol–water partition coefficient (Wildman–Crippen LogP) is 5.19. The maximum absolute atomic E-state index is 6.98. The van der Waals surface area contributed by atoms with Crippen molar-refractivity contribution in [2.45, 2.75) is 80.4 Å². The first kappa shape index (κ1) is 25.3. The highest BCUT2D eigenvalue weighted by Crippen LogP contribution is 2.66. The van der Waals surface area contributed by atoms with Crippen LogP contribution >= 0.6 is 14.9 Å². The van der Waals surface area contributed by atoms with Crippen LogP contribution in [0.15, 0.2) is 0 Å². The third-order valence-corrected chi connectivity index (χ3v) is 11.5. The average Bonchev–Trinajstić information content (AvgIpc) is 2.85. The van der Waals surface area contributed by atoms with Gasteiger partial charge in [0.1, 0.15) is 6.10 Å². The molecular formula is C23H48BNO3P2. The predicted molar refractivity (Wildman–Crippen MR) is 138 cm³/mol. The zero-order valence-electron chi connectivity index (χ0n) is 20.5. The molecule has 4 nitrogen and oxygen atoms in total. The van der Waals surface area contributed by atoms with Crippen LogP contribution in [-0.2, 0) is 13.6 Å². The largest absolute Gasteiger partial charge is 0.347 e. The van der Waals surface area contributed by atoms with Gasteiger partial charge in [0.2, 0.25) is 0 Å². The van der Waals surface area contributed by atoms with E-state index in [-0.39, 0.29) is 35.3 Å². The second-order valence-corrected chi connectivity index (χ2v) is 16.3. The van der Waals surface area contributed by atoms with Crippen LogP contribution in [0.25, 0.3) is 0 Å². The van der Waals surface area contributed by atoms with Gasteiger partial charge in [-0.2, -0.15) is 0 Å². The van der Waals surface area contributed by atoms with E-state index >= 15 is 0 Å². The second-order valence-electron chi connectivity index (χ2n) is 12.2. The molecule has 2 saturated carbocycles. The lowest BCUT2D eigenvalue weighted by molar-refractivity contribution is -0.00684. The van der Waals surface area contributed by atoms with E-state index < -0.39 is 14.9 Å². The van der Waals surface area contributed by atoms with Crippen LogP contribution in [0.2, 0.25) is 0 Å². The Morgan fingerprint density at radius 1 is 1.07 bits per heavy atom. The van der Waals surface area contributed by atoms with Gasteiger partial charge in [0.15, 0.2) is 7.57 Å². The summed E-state index contributed by atoms with van der Waals surface area (Å²) in [4.78, 5) is 0. The number of hydrogen-bond donors (Lipinski definition) is 1. The first-order valence-electron chi connectivity index (χ1n) is 11.2. The zero-order chi connectivity index (χ0) is 23.0. The Morgan fingerprint density at radius 2 is 1.67 bits per heavy atom. The lowest BCUT2D eigenvalue weighted by Crippen LogP contribution is -2.48. The van der Waals surface area contributed by atoms with Gasteiger partial charge in [-0.1, -0.05) is 61.7 Å². The number of nitrogens with one attached hydrogen (secondary N) is 1. The van der Waals surface area contributed by atoms with E-state index in [2.05, 4.69) is 80.1 Å². The molecule has 0 amide bonds. The van der Waals surface area contributed by atoms with Crippen molar-refractivity contribution >= 4 is 28.7 Å². The quantitative estimate of drug-likeness (QED) is 0.400. The summed E-state index contributed by atoms with van der Waals surface area (Å²) in [5, 5.41) is 3.99. The molecule has 0 aromatic rings. The van der Waals surface area contributed by atoms with E-state index in [1.54, 1.807) is 0 Å². The van der Waals surface area contributed by atoms with Crippen LogP contribution in [0.1, 0.15) is 68.2 Å². The third-order valence-electron chi connectivity index (χ3n) is 8.95. The van der Waals surface area contributed by atoms with Gasteiger partial charge >= 0.3 is 0 Å². The topological polar surface area (TPSA) is 39.7 Å². The lowest BCUT2D eigenvalue weighted by atomic mass is 9.69. The molecule has 8 atom stereocenters. The molecule has 30 heavy (non-hydrogen) atoms. The Hall–Kier alpha value is 0.635. The Balaban J connectivity index is 2.02. The van der Waals surface area contributed by atoms with Crippen LogP contribution in [0.4, 0.5) is 0 Å². The normalized spacial score (nSPS) is 54.0. The summed E-state index contributed by atoms with van der Waals surface area (Å²) in [7, 11) is -3.73. The molecule has 2 unspecified atom stereocenters. The molecule has 2 bridgehead atoms. The molecule has 7 heteroatoms. The summed E-state index contributed by atoms with van der Waals surface area (Å²) in [6.45, 7) is 25.2. The van der Waals surface area contributed by atoms with E-state index in [1.807, 2.05) is 0 Å². The number of hydrogen-bond acceptors (Lipinski definition) is 4. The fourth-order valence-corrected chi connectivity index (χ4v) is 9.53. The molecule has 176 valence electrons. The van der Waals surface area contributed by atoms with Crippen LogP contribution < -0.4 is 5.09 Å². The fraction of sp³-hybridized carbons (Fsp3) is 0.957. The molecule has 0 spiro atoms. The van der Waals surface area contributed by atoms with E-state index in [0.29, 0.717) is 17.9 Å². The average molecular weight is 459 g/mol. The van der Waals surface area contributed by atoms with E-state index in [1.165, 1.54) is 6.42 Å². The standard InChI is InChI=1S/C23H48BNO3P2/c1-16-12-23(8)15-26-29(9,10)25-19-20(3,4)17(2)13-22(19,7)14-27-30(11,24)28-18(16)21(23,5)6/h16-19,25H,9,12-15H2,1-8,10-11,24H3/t16-,17-,18+,19+,22-,23-,29?,30?/m1/s1. The van der Waals surface area contributed by atoms with Gasteiger partial charge in [-0.15, -0.1) is 0 Å². The maximum atomic E-state index is 6.98. The van der Waals surface area contributed by atoms with Gasteiger partial charge < -0.3 is 4.52 Å². The number of fused-ring (bicyclic) bond motifs is 3. The molecule has 0 radical (unpaired) electrons. The minimum atomic E-state index is -1.98. The van der Waals surface area contributed by atoms with Crippen molar-refractivity contribution in [1.29, 1.82) is 0 Å². The summed E-state index contributed by atoms with van der Waals surface area (Å²) < 4.78 is 20.5. The molecule has 3 aliphatic rings. The monoisotopic (exact) mass is 459 g/mol. The smallest absolute Gasteiger partial charge is 0.191 e. The van der Waals surface area contributed by atoms with E-state index in [0.717, 1.165) is 19.6 Å². The van der Waals surface area contributed by atoms with Crippen LogP contribution in [0.3, 0.4) is 0 Å². The molecule has 1 saturated heterocycles. The van der Waals surface area contributed by atoms with E-state index in [9.17, 15) is 0 Å². The maximum Gasteiger partial charge on any atom is 0.191 e. The minimum Gasteiger partial charge on any atom is -0.347 e. The first-order valence-corrected chi connectivity index (χ1v) is 15.2. The SMILES string of the molecule is [BH3-][P+]1(C)OC[C@@]2(C)C[C@@H](C)C(C)(C)[C@@H]2NP(=C)(C)OC[C@@]2(C)C[C@@H](C)[C@H](O1)C2(C)C. The second kappa shape index (κ2) is 7.58. The summed E-state index contributed by atoms with van der Waals surface area (Å²) in [5.41, 5.74) is 0.371. The summed E-state index contributed by atoms with van der Waals surface area (Å²) in [5.74, 6) is 1.15. The third kappa shape index (κ3) is 4.26. The fourth-order valence-electron chi connectivity index (χ4n) is 6.37. The van der Waals surface area contributed by atoms with E-state index in [4.69, 9.17) is 13.6 Å². The Morgan fingerprint density at radius 3 is 2.27 bits per heavy atom. The van der Waals surface area contributed by atoms with Gasteiger partial charge in [-0.3, -0.25) is 14.1 Å². The number of rotatable bonds is 0. The van der Waals surface area contributed by atoms with Crippen molar-refractivity contribution < 1.29 is 13.6 Å². The van der Waals surface area contributed by atoms with Gasteiger partial charge in [-0.05, 0) is 42.2 Å². The minimum absolute atomic E-state index is 0.0486. The Bertz CT molecular complexity index is 727. The summed E-state index contributed by atoms with van der Waals surface area (Å²) in [6.07, 6.45) is 7.14. The molecule has 1 heterocycles. The lowest BCUT2D eigenvalue weighted by Gasteiger charge is -2.44. The van der Waals surface area contributed by atoms with Gasteiger partial charge in [0.25, 0.3) is 0 Å². The van der Waals surface area contributed by atoms with Crippen molar-refractivity contribution in [1.82, 2.24) is 5.09 Å². The van der Waals surface area contributed by atoms with Gasteiger partial charge in [-0.25, -0.2) is 0 Å². The Labute approximate surface area is 187 Å². The molecule has 2 aliphatic carbocycles. The van der Waals surface area contributed by atoms with Crippen LogP contribution in [-0.4, -0.2) is 52.6 Å². The summed E-state index contributed by atoms with van der Waals surface area (Å²) >= 11 is 0. The molecule has 3 rings (SSSR count). The molecule has 0 aromatic carbocycles. The van der Waals surface area contributed by atoms with Crippen molar-refractivity contribution in [2.24, 2.45) is 33.5 Å². The van der Waals surface area contributed by atoms with Crippen molar-refractivity contribution in [3.8, 4) is 0 Å². The van der Waals surface area contributed by atoms with Crippen molar-refractivity contribution in [3.63, 3.8) is 0 Å². The summed E-state index contributed by atoms with van der Waals surface area (Å²) in [6, 6.07) is 0.327. The van der Waals surface area contributed by atoms with Crippen LogP contribution in [0, 0.1) is 33.5 Å². The first-order chi connectivity index (χ1) is 13.4. The van der Waals surface area contributed by atoms with Crippen molar-refractivity contribution in [3.05, 3.63) is 0 Å².